The molecule has 0 radical (unpaired) electrons. The number of benzene rings is 1. The Bertz CT molecular complexity index is 801. The van der Waals surface area contributed by atoms with E-state index in [1.165, 1.54) is 30.2 Å². The standard InChI is InChI=1S/C20H26N4O2S/c1-3-23-19(15-6-7-15)21-22-20(23)27-13-18(25)24-12-4-5-17(24)14-8-10-16(26-2)11-9-14/h8-11,15,17H,3-7,12-13H2,1-2H3. The molecule has 1 aromatic carbocycles. The molecule has 1 saturated heterocycles. The molecular formula is C20H26N4O2S. The van der Waals surface area contributed by atoms with Gasteiger partial charge in [-0.25, -0.2) is 0 Å². The summed E-state index contributed by atoms with van der Waals surface area (Å²) < 4.78 is 7.41. The van der Waals surface area contributed by atoms with Crippen LogP contribution in [0.3, 0.4) is 0 Å². The van der Waals surface area contributed by atoms with E-state index in [4.69, 9.17) is 4.74 Å². The second-order valence-electron chi connectivity index (χ2n) is 7.17. The highest BCUT2D eigenvalue weighted by Gasteiger charge is 2.32. The smallest absolute Gasteiger partial charge is 0.233 e. The number of likely N-dealkylation sites (tertiary alicyclic amines) is 1. The van der Waals surface area contributed by atoms with Crippen LogP contribution in [0, 0.1) is 0 Å². The zero-order chi connectivity index (χ0) is 18.8. The van der Waals surface area contributed by atoms with Crippen molar-refractivity contribution in [3.8, 4) is 5.75 Å². The molecule has 6 nitrogen and oxygen atoms in total. The van der Waals surface area contributed by atoms with Crippen LogP contribution in [0.1, 0.15) is 56.0 Å². The first-order valence-corrected chi connectivity index (χ1v) is 10.7. The van der Waals surface area contributed by atoms with Gasteiger partial charge in [0.05, 0.1) is 18.9 Å². The Labute approximate surface area is 164 Å². The molecule has 2 fully saturated rings. The zero-order valence-electron chi connectivity index (χ0n) is 15.9. The number of aromatic nitrogens is 3. The molecule has 2 aromatic rings. The van der Waals surface area contributed by atoms with Crippen LogP contribution < -0.4 is 4.74 Å². The molecular weight excluding hydrogens is 360 g/mol. The minimum Gasteiger partial charge on any atom is -0.497 e. The van der Waals surface area contributed by atoms with Gasteiger partial charge < -0.3 is 14.2 Å². The van der Waals surface area contributed by atoms with Crippen LogP contribution in [-0.2, 0) is 11.3 Å². The first-order chi connectivity index (χ1) is 13.2. The number of hydrogen-bond acceptors (Lipinski definition) is 5. The molecule has 0 bridgehead atoms. The van der Waals surface area contributed by atoms with E-state index >= 15 is 0 Å². The molecule has 144 valence electrons. The van der Waals surface area contributed by atoms with Crippen molar-refractivity contribution in [3.05, 3.63) is 35.7 Å². The zero-order valence-corrected chi connectivity index (χ0v) is 16.7. The summed E-state index contributed by atoms with van der Waals surface area (Å²) in [6.07, 6.45) is 4.47. The first kappa shape index (κ1) is 18.3. The average molecular weight is 387 g/mol. The van der Waals surface area contributed by atoms with Crippen molar-refractivity contribution in [2.75, 3.05) is 19.4 Å². The highest BCUT2D eigenvalue weighted by atomic mass is 32.2. The van der Waals surface area contributed by atoms with Crippen LogP contribution in [0.15, 0.2) is 29.4 Å². The molecule has 1 atom stereocenters. The van der Waals surface area contributed by atoms with Crippen LogP contribution in [0.5, 0.6) is 5.75 Å². The van der Waals surface area contributed by atoms with Crippen molar-refractivity contribution >= 4 is 17.7 Å². The second kappa shape index (κ2) is 7.92. The molecule has 2 aliphatic rings. The van der Waals surface area contributed by atoms with Crippen molar-refractivity contribution in [1.29, 1.82) is 0 Å². The second-order valence-corrected chi connectivity index (χ2v) is 8.11. The minimum atomic E-state index is 0.162. The summed E-state index contributed by atoms with van der Waals surface area (Å²) in [5.41, 5.74) is 1.18. The van der Waals surface area contributed by atoms with Gasteiger partial charge in [-0.05, 0) is 50.3 Å². The summed E-state index contributed by atoms with van der Waals surface area (Å²) >= 11 is 1.51. The predicted octanol–water partition coefficient (Wildman–Crippen LogP) is 3.64. The molecule has 1 aliphatic carbocycles. The maximum atomic E-state index is 12.9. The Morgan fingerprint density at radius 1 is 1.22 bits per heavy atom. The quantitative estimate of drug-likeness (QED) is 0.680. The normalized spacial score (nSPS) is 19.5. The monoisotopic (exact) mass is 386 g/mol. The SMILES string of the molecule is CCn1c(SCC(=O)N2CCCC2c2ccc(OC)cc2)nnc1C1CC1. The number of carbonyl (C=O) groups excluding carboxylic acids is 1. The molecule has 0 N–H and O–H groups in total. The summed E-state index contributed by atoms with van der Waals surface area (Å²) in [6, 6.07) is 8.23. The van der Waals surface area contributed by atoms with Crippen molar-refractivity contribution in [2.24, 2.45) is 0 Å². The lowest BCUT2D eigenvalue weighted by Crippen LogP contribution is -2.32. The fraction of sp³-hybridized carbons (Fsp3) is 0.550. The van der Waals surface area contributed by atoms with Crippen molar-refractivity contribution in [3.63, 3.8) is 0 Å². The number of methoxy groups -OCH3 is 1. The Morgan fingerprint density at radius 2 is 2.00 bits per heavy atom. The summed E-state index contributed by atoms with van der Waals surface area (Å²) in [5, 5.41) is 9.56. The Hall–Kier alpha value is -2.02. The van der Waals surface area contributed by atoms with Crippen molar-refractivity contribution < 1.29 is 9.53 Å². The molecule has 0 spiro atoms. The summed E-state index contributed by atoms with van der Waals surface area (Å²) in [6.45, 7) is 3.79. The lowest BCUT2D eigenvalue weighted by molar-refractivity contribution is -0.129. The minimum absolute atomic E-state index is 0.162. The number of amides is 1. The van der Waals surface area contributed by atoms with Crippen LogP contribution in [0.25, 0.3) is 0 Å². The lowest BCUT2D eigenvalue weighted by atomic mass is 10.0. The fourth-order valence-electron chi connectivity index (χ4n) is 3.79. The largest absolute Gasteiger partial charge is 0.497 e. The van der Waals surface area contributed by atoms with Gasteiger partial charge in [0.25, 0.3) is 0 Å². The maximum Gasteiger partial charge on any atom is 0.233 e. The third-order valence-corrected chi connectivity index (χ3v) is 6.35. The number of ether oxygens (including phenoxy) is 1. The van der Waals surface area contributed by atoms with Gasteiger partial charge in [-0.15, -0.1) is 10.2 Å². The third-order valence-electron chi connectivity index (χ3n) is 5.40. The van der Waals surface area contributed by atoms with Gasteiger partial charge in [-0.3, -0.25) is 4.79 Å². The topological polar surface area (TPSA) is 60.2 Å². The molecule has 1 aliphatic heterocycles. The highest BCUT2D eigenvalue weighted by molar-refractivity contribution is 7.99. The third kappa shape index (κ3) is 3.83. The van der Waals surface area contributed by atoms with Gasteiger partial charge >= 0.3 is 0 Å². The Balaban J connectivity index is 1.41. The van der Waals surface area contributed by atoms with E-state index < -0.39 is 0 Å². The van der Waals surface area contributed by atoms with Gasteiger partial charge in [0.2, 0.25) is 5.91 Å². The maximum absolute atomic E-state index is 12.9. The number of nitrogens with zero attached hydrogens (tertiary/aromatic N) is 4. The predicted molar refractivity (Wildman–Crippen MR) is 105 cm³/mol. The van der Waals surface area contributed by atoms with E-state index in [-0.39, 0.29) is 11.9 Å². The number of hydrogen-bond donors (Lipinski definition) is 0. The van der Waals surface area contributed by atoms with Crippen molar-refractivity contribution in [2.45, 2.75) is 56.3 Å². The van der Waals surface area contributed by atoms with Crippen LogP contribution in [0.2, 0.25) is 0 Å². The first-order valence-electron chi connectivity index (χ1n) is 9.70. The van der Waals surface area contributed by atoms with Crippen LogP contribution in [0.4, 0.5) is 0 Å². The highest BCUT2D eigenvalue weighted by Crippen LogP contribution is 2.40. The van der Waals surface area contributed by atoms with Crippen LogP contribution >= 0.6 is 11.8 Å². The summed E-state index contributed by atoms with van der Waals surface area (Å²) in [5.74, 6) is 3.09. The van der Waals surface area contributed by atoms with Gasteiger partial charge in [-0.2, -0.15) is 0 Å². The van der Waals surface area contributed by atoms with E-state index in [0.29, 0.717) is 11.7 Å². The molecule has 1 aromatic heterocycles. The van der Waals surface area contributed by atoms with E-state index in [1.54, 1.807) is 7.11 Å². The molecule has 27 heavy (non-hydrogen) atoms. The van der Waals surface area contributed by atoms with Gasteiger partial charge in [-0.1, -0.05) is 23.9 Å². The molecule has 1 unspecified atom stereocenters. The molecule has 1 saturated carbocycles. The molecule has 4 rings (SSSR count). The van der Waals surface area contributed by atoms with E-state index in [1.807, 2.05) is 17.0 Å². The fourth-order valence-corrected chi connectivity index (χ4v) is 4.69. The van der Waals surface area contributed by atoms with E-state index in [2.05, 4.69) is 33.8 Å². The average Bonchev–Trinajstić information content (AvgIpc) is 3.28. The summed E-state index contributed by atoms with van der Waals surface area (Å²) in [4.78, 5) is 14.9. The van der Waals surface area contributed by atoms with Gasteiger partial charge in [0.15, 0.2) is 5.16 Å². The molecule has 2 heterocycles. The number of rotatable bonds is 7. The number of carbonyl (C=O) groups is 1. The van der Waals surface area contributed by atoms with E-state index in [9.17, 15) is 4.79 Å². The molecule has 7 heteroatoms. The van der Waals surface area contributed by atoms with Crippen LogP contribution in [-0.4, -0.2) is 45.0 Å². The Kier molecular flexibility index (Phi) is 5.38. The summed E-state index contributed by atoms with van der Waals surface area (Å²) in [7, 11) is 1.67. The lowest BCUT2D eigenvalue weighted by Gasteiger charge is -2.25. The number of thioether (sulfide) groups is 1. The van der Waals surface area contributed by atoms with Crippen molar-refractivity contribution in [1.82, 2.24) is 19.7 Å². The van der Waals surface area contributed by atoms with Gasteiger partial charge in [0, 0.05) is 19.0 Å². The Morgan fingerprint density at radius 3 is 2.67 bits per heavy atom. The van der Waals surface area contributed by atoms with E-state index in [0.717, 1.165) is 42.7 Å². The molecule has 1 amide bonds. The van der Waals surface area contributed by atoms with Gasteiger partial charge in [0.1, 0.15) is 11.6 Å².